The van der Waals surface area contributed by atoms with E-state index in [2.05, 4.69) is 41.3 Å². The van der Waals surface area contributed by atoms with Gasteiger partial charge in [0.25, 0.3) is 5.91 Å². The summed E-state index contributed by atoms with van der Waals surface area (Å²) >= 11 is 0. The number of halogens is 1. The van der Waals surface area contributed by atoms with E-state index in [0.717, 1.165) is 57.5 Å². The van der Waals surface area contributed by atoms with Crippen molar-refractivity contribution in [1.82, 2.24) is 9.80 Å². The van der Waals surface area contributed by atoms with Crippen molar-refractivity contribution in [3.8, 4) is 0 Å². The topological polar surface area (TPSA) is 49.6 Å². The molecule has 4 nitrogen and oxygen atoms in total. The predicted molar refractivity (Wildman–Crippen MR) is 118 cm³/mol. The Labute approximate surface area is 175 Å². The molecule has 3 rings (SSSR count). The first kappa shape index (κ1) is 22.4. The van der Waals surface area contributed by atoms with Gasteiger partial charge in [-0.05, 0) is 48.9 Å². The van der Waals surface area contributed by atoms with Crippen LogP contribution in [0.3, 0.4) is 0 Å². The van der Waals surface area contributed by atoms with E-state index >= 15 is 0 Å². The van der Waals surface area contributed by atoms with Gasteiger partial charge in [-0.15, -0.1) is 12.4 Å². The van der Waals surface area contributed by atoms with E-state index in [1.165, 1.54) is 17.5 Å². The zero-order chi connectivity index (χ0) is 18.9. The molecule has 0 saturated carbocycles. The van der Waals surface area contributed by atoms with Crippen LogP contribution in [0, 0.1) is 0 Å². The highest BCUT2D eigenvalue weighted by Gasteiger charge is 2.18. The summed E-state index contributed by atoms with van der Waals surface area (Å²) in [4.78, 5) is 17.1. The zero-order valence-corrected chi connectivity index (χ0v) is 17.4. The first-order valence-electron chi connectivity index (χ1n) is 10.1. The summed E-state index contributed by atoms with van der Waals surface area (Å²) in [6.45, 7) is 5.06. The number of carbonyl (C=O) groups is 1. The van der Waals surface area contributed by atoms with E-state index in [-0.39, 0.29) is 18.3 Å². The fourth-order valence-corrected chi connectivity index (χ4v) is 3.72. The number of nitrogens with two attached hydrogens (primary N) is 1. The summed E-state index contributed by atoms with van der Waals surface area (Å²) in [7, 11) is 0. The van der Waals surface area contributed by atoms with Gasteiger partial charge in [0.15, 0.2) is 0 Å². The lowest BCUT2D eigenvalue weighted by Crippen LogP contribution is -2.35. The minimum absolute atomic E-state index is 0. The van der Waals surface area contributed by atoms with Crippen molar-refractivity contribution >= 4 is 18.3 Å². The molecular weight excluding hydrogens is 370 g/mol. The maximum Gasteiger partial charge on any atom is 0.253 e. The highest BCUT2D eigenvalue weighted by atomic mass is 35.5. The van der Waals surface area contributed by atoms with Gasteiger partial charge in [0, 0.05) is 44.8 Å². The highest BCUT2D eigenvalue weighted by molar-refractivity contribution is 5.94. The largest absolute Gasteiger partial charge is 0.339 e. The summed E-state index contributed by atoms with van der Waals surface area (Å²) in [5, 5.41) is 0. The number of nitrogens with zero attached hydrogens (tertiary/aromatic N) is 2. The minimum atomic E-state index is 0. The third-order valence-corrected chi connectivity index (χ3v) is 5.23. The Balaban J connectivity index is 0.00000280. The first-order chi connectivity index (χ1) is 13.3. The summed E-state index contributed by atoms with van der Waals surface area (Å²) < 4.78 is 0. The van der Waals surface area contributed by atoms with Crippen LogP contribution in [0.25, 0.3) is 0 Å². The van der Waals surface area contributed by atoms with Gasteiger partial charge in [-0.3, -0.25) is 9.69 Å². The molecule has 5 heteroatoms. The molecule has 1 amide bonds. The molecule has 0 radical (unpaired) electrons. The third-order valence-electron chi connectivity index (χ3n) is 5.23. The van der Waals surface area contributed by atoms with Crippen molar-refractivity contribution < 1.29 is 4.79 Å². The highest BCUT2D eigenvalue weighted by Crippen LogP contribution is 2.15. The van der Waals surface area contributed by atoms with E-state index in [4.69, 9.17) is 5.73 Å². The lowest BCUT2D eigenvalue weighted by molar-refractivity contribution is 0.0724. The molecule has 1 aliphatic rings. The molecule has 0 unspecified atom stereocenters. The summed E-state index contributed by atoms with van der Waals surface area (Å²) in [6, 6.07) is 18.7. The van der Waals surface area contributed by atoms with Crippen LogP contribution >= 0.6 is 12.4 Å². The standard InChI is InChI=1S/C23H31N3O.ClH/c24-13-17-25(16-12-20-8-3-1-4-9-20)19-21-10-7-11-22(18-21)23(27)26-14-5-2-6-15-26;/h1,3-4,7-11,18H,2,5-6,12-17,19,24H2;1H. The van der Waals surface area contributed by atoms with Gasteiger partial charge in [0.2, 0.25) is 0 Å². The maximum absolute atomic E-state index is 12.8. The van der Waals surface area contributed by atoms with Crippen molar-refractivity contribution in [2.45, 2.75) is 32.2 Å². The van der Waals surface area contributed by atoms with Crippen LogP contribution in [-0.2, 0) is 13.0 Å². The number of rotatable bonds is 8. The van der Waals surface area contributed by atoms with Crippen molar-refractivity contribution in [1.29, 1.82) is 0 Å². The fraction of sp³-hybridized carbons (Fsp3) is 0.435. The lowest BCUT2D eigenvalue weighted by atomic mass is 10.1. The van der Waals surface area contributed by atoms with Crippen molar-refractivity contribution in [2.24, 2.45) is 5.73 Å². The molecule has 152 valence electrons. The molecule has 2 N–H and O–H groups in total. The second-order valence-corrected chi connectivity index (χ2v) is 7.35. The number of hydrogen-bond donors (Lipinski definition) is 1. The van der Waals surface area contributed by atoms with Gasteiger partial charge in [-0.25, -0.2) is 0 Å². The second kappa shape index (κ2) is 11.8. The predicted octanol–water partition coefficient (Wildman–Crippen LogP) is 3.74. The van der Waals surface area contributed by atoms with Crippen LogP contribution in [0.4, 0.5) is 0 Å². The molecule has 1 fully saturated rings. The second-order valence-electron chi connectivity index (χ2n) is 7.35. The third kappa shape index (κ3) is 6.62. The Bertz CT molecular complexity index is 717. The maximum atomic E-state index is 12.8. The van der Waals surface area contributed by atoms with Crippen molar-refractivity contribution in [3.63, 3.8) is 0 Å². The summed E-state index contributed by atoms with van der Waals surface area (Å²) in [6.07, 6.45) is 4.48. The van der Waals surface area contributed by atoms with Crippen molar-refractivity contribution in [2.75, 3.05) is 32.7 Å². The smallest absolute Gasteiger partial charge is 0.253 e. The number of amides is 1. The van der Waals surface area contributed by atoms with E-state index in [1.54, 1.807) is 0 Å². The zero-order valence-electron chi connectivity index (χ0n) is 16.6. The Morgan fingerprint density at radius 1 is 0.929 bits per heavy atom. The van der Waals surface area contributed by atoms with E-state index in [0.29, 0.717) is 6.54 Å². The number of benzene rings is 2. The monoisotopic (exact) mass is 401 g/mol. The van der Waals surface area contributed by atoms with Crippen LogP contribution in [0.2, 0.25) is 0 Å². The van der Waals surface area contributed by atoms with Gasteiger partial charge in [-0.1, -0.05) is 42.5 Å². The molecule has 0 bridgehead atoms. The van der Waals surface area contributed by atoms with Crippen LogP contribution in [0.15, 0.2) is 54.6 Å². The fourth-order valence-electron chi connectivity index (χ4n) is 3.72. The molecule has 0 spiro atoms. The van der Waals surface area contributed by atoms with Gasteiger partial charge >= 0.3 is 0 Å². The van der Waals surface area contributed by atoms with Gasteiger partial charge in [0.05, 0.1) is 0 Å². The Morgan fingerprint density at radius 3 is 2.36 bits per heavy atom. The SMILES string of the molecule is Cl.NCCN(CCc1ccccc1)Cc1cccc(C(=O)N2CCCCC2)c1. The Morgan fingerprint density at radius 2 is 1.64 bits per heavy atom. The van der Waals surface area contributed by atoms with Crippen LogP contribution < -0.4 is 5.73 Å². The molecule has 0 aromatic heterocycles. The van der Waals surface area contributed by atoms with E-state index < -0.39 is 0 Å². The normalized spacial score (nSPS) is 14.0. The molecule has 0 atom stereocenters. The Kier molecular flexibility index (Phi) is 9.48. The molecule has 1 saturated heterocycles. The van der Waals surface area contributed by atoms with E-state index in [9.17, 15) is 4.79 Å². The molecule has 2 aromatic rings. The average molecular weight is 402 g/mol. The quantitative estimate of drug-likeness (QED) is 0.733. The lowest BCUT2D eigenvalue weighted by Gasteiger charge is -2.27. The summed E-state index contributed by atoms with van der Waals surface area (Å²) in [5.41, 5.74) is 9.16. The van der Waals surface area contributed by atoms with Gasteiger partial charge < -0.3 is 10.6 Å². The van der Waals surface area contributed by atoms with Crippen LogP contribution in [0.5, 0.6) is 0 Å². The average Bonchev–Trinajstić information content (AvgIpc) is 2.73. The molecule has 0 aliphatic carbocycles. The Hall–Kier alpha value is -1.88. The summed E-state index contributed by atoms with van der Waals surface area (Å²) in [5.74, 6) is 0.172. The van der Waals surface area contributed by atoms with E-state index in [1.807, 2.05) is 23.1 Å². The molecule has 2 aromatic carbocycles. The van der Waals surface area contributed by atoms with Crippen LogP contribution in [0.1, 0.15) is 40.7 Å². The van der Waals surface area contributed by atoms with Gasteiger partial charge in [0.1, 0.15) is 0 Å². The number of piperidine rings is 1. The first-order valence-corrected chi connectivity index (χ1v) is 10.1. The molecule has 1 heterocycles. The van der Waals surface area contributed by atoms with Crippen LogP contribution in [-0.4, -0.2) is 48.4 Å². The minimum Gasteiger partial charge on any atom is -0.339 e. The number of likely N-dealkylation sites (tertiary alicyclic amines) is 1. The molecule has 28 heavy (non-hydrogen) atoms. The number of carbonyl (C=O) groups excluding carboxylic acids is 1. The van der Waals surface area contributed by atoms with Gasteiger partial charge in [-0.2, -0.15) is 0 Å². The molecule has 1 aliphatic heterocycles. The van der Waals surface area contributed by atoms with Crippen molar-refractivity contribution in [3.05, 3.63) is 71.3 Å². The number of hydrogen-bond acceptors (Lipinski definition) is 3. The molecular formula is C23H32ClN3O.